The lowest BCUT2D eigenvalue weighted by atomic mass is 10.1. The van der Waals surface area contributed by atoms with E-state index in [0.717, 1.165) is 22.1 Å². The molecule has 0 aromatic carbocycles. The summed E-state index contributed by atoms with van der Waals surface area (Å²) >= 11 is 0. The number of rotatable bonds is 3. The number of likely N-dealkylation sites (tertiary alicyclic amines) is 1. The molecule has 0 spiro atoms. The molecule has 1 aliphatic heterocycles. The monoisotopic (exact) mass is 493 g/mol. The third kappa shape index (κ3) is 5.85. The van der Waals surface area contributed by atoms with Crippen molar-refractivity contribution >= 4 is 17.7 Å². The van der Waals surface area contributed by atoms with Crippen molar-refractivity contribution in [3.8, 4) is 17.3 Å². The normalized spacial score (nSPS) is 18.2. The van der Waals surface area contributed by atoms with Crippen LogP contribution in [0.3, 0.4) is 0 Å². The molecule has 0 aliphatic carbocycles. The number of pyridine rings is 2. The molecule has 2 aromatic rings. The fourth-order valence-electron chi connectivity index (χ4n) is 3.56. The lowest BCUT2D eigenvalue weighted by Crippen LogP contribution is -2.48. The van der Waals surface area contributed by atoms with Crippen LogP contribution in [0.4, 0.5) is 28.0 Å². The molecule has 8 nitrogen and oxygen atoms in total. The first-order valence-corrected chi connectivity index (χ1v) is 10.6. The number of anilines is 1. The van der Waals surface area contributed by atoms with Crippen molar-refractivity contribution in [2.75, 3.05) is 18.5 Å². The zero-order valence-corrected chi connectivity index (χ0v) is 19.4. The molecule has 0 N–H and O–H groups in total. The van der Waals surface area contributed by atoms with Crippen molar-refractivity contribution in [2.45, 2.75) is 51.2 Å². The first kappa shape index (κ1) is 25.9. The van der Waals surface area contributed by atoms with Gasteiger partial charge in [0.25, 0.3) is 0 Å². The summed E-state index contributed by atoms with van der Waals surface area (Å²) in [5.74, 6) is -0.657. The maximum atomic E-state index is 14.2. The van der Waals surface area contributed by atoms with Crippen LogP contribution in [0.2, 0.25) is 0 Å². The van der Waals surface area contributed by atoms with Crippen molar-refractivity contribution in [3.05, 3.63) is 41.9 Å². The van der Waals surface area contributed by atoms with Gasteiger partial charge in [-0.1, -0.05) is 0 Å². The minimum atomic E-state index is -4.61. The van der Waals surface area contributed by atoms with E-state index >= 15 is 0 Å². The topological polar surface area (TPSA) is 99.4 Å². The first-order valence-electron chi connectivity index (χ1n) is 10.6. The lowest BCUT2D eigenvalue weighted by molar-refractivity contribution is -0.141. The van der Waals surface area contributed by atoms with Crippen molar-refractivity contribution in [2.24, 2.45) is 0 Å². The van der Waals surface area contributed by atoms with Gasteiger partial charge in [0.2, 0.25) is 5.91 Å². The summed E-state index contributed by atoms with van der Waals surface area (Å²) in [6, 6.07) is 4.05. The molecule has 0 radical (unpaired) electrons. The van der Waals surface area contributed by atoms with E-state index in [1.165, 1.54) is 25.4 Å². The Morgan fingerprint density at radius 3 is 2.43 bits per heavy atom. The van der Waals surface area contributed by atoms with Crippen LogP contribution in [0.1, 0.15) is 38.4 Å². The highest BCUT2D eigenvalue weighted by molar-refractivity contribution is 6.00. The van der Waals surface area contributed by atoms with Crippen molar-refractivity contribution in [1.29, 1.82) is 5.26 Å². The molecule has 3 heterocycles. The maximum absolute atomic E-state index is 14.2. The van der Waals surface area contributed by atoms with E-state index < -0.39 is 41.7 Å². The number of alkyl halides is 4. The molecule has 1 fully saturated rings. The number of nitriles is 1. The molecule has 12 heteroatoms. The quantitative estimate of drug-likeness (QED) is 0.590. The summed E-state index contributed by atoms with van der Waals surface area (Å²) in [5, 5.41) is 9.50. The van der Waals surface area contributed by atoms with Crippen LogP contribution >= 0.6 is 0 Å². The van der Waals surface area contributed by atoms with Gasteiger partial charge in [-0.2, -0.15) is 18.4 Å². The van der Waals surface area contributed by atoms with E-state index in [0.29, 0.717) is 0 Å². The first-order chi connectivity index (χ1) is 16.2. The van der Waals surface area contributed by atoms with Crippen LogP contribution in [-0.2, 0) is 15.7 Å². The number of carbonyl (C=O) groups is 2. The Hall–Kier alpha value is -3.75. The zero-order valence-electron chi connectivity index (χ0n) is 19.4. The molecule has 2 aromatic heterocycles. The highest BCUT2D eigenvalue weighted by Crippen LogP contribution is 2.31. The lowest BCUT2D eigenvalue weighted by Gasteiger charge is -2.30. The van der Waals surface area contributed by atoms with Gasteiger partial charge in [0.15, 0.2) is 0 Å². The number of halogens is 4. The summed E-state index contributed by atoms with van der Waals surface area (Å²) in [4.78, 5) is 35.4. The Balaban J connectivity index is 1.91. The molecule has 2 amide bonds. The predicted octanol–water partition coefficient (Wildman–Crippen LogP) is 4.34. The van der Waals surface area contributed by atoms with E-state index in [9.17, 15) is 32.4 Å². The molecule has 2 unspecified atom stereocenters. The maximum Gasteiger partial charge on any atom is 0.433 e. The third-order valence-electron chi connectivity index (χ3n) is 5.21. The molecule has 0 bridgehead atoms. The van der Waals surface area contributed by atoms with E-state index in [4.69, 9.17) is 4.74 Å². The fraction of sp³-hybridized carbons (Fsp3) is 0.435. The summed E-state index contributed by atoms with van der Waals surface area (Å²) in [5.41, 5.74) is -1.44. The molecule has 35 heavy (non-hydrogen) atoms. The third-order valence-corrected chi connectivity index (χ3v) is 5.21. The van der Waals surface area contributed by atoms with Gasteiger partial charge in [0.1, 0.15) is 29.6 Å². The Morgan fingerprint density at radius 1 is 1.20 bits per heavy atom. The molecular formula is C23H23F4N5O3. The summed E-state index contributed by atoms with van der Waals surface area (Å²) in [6.45, 7) is 4.61. The number of aromatic nitrogens is 2. The SMILES string of the molecule is CN(C(=O)C1CC(F)CN1C(=O)OC(C)(C)C)c1cc(-c2ccc(C(F)(F)F)nc2)ncc1C#N. The second kappa shape index (κ2) is 9.48. The van der Waals surface area contributed by atoms with Crippen molar-refractivity contribution in [1.82, 2.24) is 14.9 Å². The Morgan fingerprint density at radius 2 is 1.89 bits per heavy atom. The molecule has 3 rings (SSSR count). The average Bonchev–Trinajstić information content (AvgIpc) is 3.18. The van der Waals surface area contributed by atoms with Gasteiger partial charge in [0, 0.05) is 31.4 Å². The summed E-state index contributed by atoms with van der Waals surface area (Å²) in [6.07, 6.45) is -4.97. The highest BCUT2D eigenvalue weighted by atomic mass is 19.4. The summed E-state index contributed by atoms with van der Waals surface area (Å²) in [7, 11) is 1.35. The van der Waals surface area contributed by atoms with Gasteiger partial charge < -0.3 is 9.64 Å². The molecule has 186 valence electrons. The van der Waals surface area contributed by atoms with Crippen LogP contribution in [0, 0.1) is 11.3 Å². The van der Waals surface area contributed by atoms with Gasteiger partial charge in [-0.05, 0) is 39.0 Å². The minimum absolute atomic E-state index is 0.00286. The number of ether oxygens (including phenoxy) is 1. The number of nitrogens with zero attached hydrogens (tertiary/aromatic N) is 5. The smallest absolute Gasteiger partial charge is 0.433 e. The minimum Gasteiger partial charge on any atom is -0.444 e. The van der Waals surface area contributed by atoms with Gasteiger partial charge in [-0.15, -0.1) is 0 Å². The van der Waals surface area contributed by atoms with Crippen LogP contribution in [-0.4, -0.2) is 58.3 Å². The average molecular weight is 493 g/mol. The molecular weight excluding hydrogens is 470 g/mol. The molecule has 0 saturated carbocycles. The number of likely N-dealkylation sites (N-methyl/N-ethyl adjacent to an activating group) is 1. The molecule has 2 atom stereocenters. The van der Waals surface area contributed by atoms with Gasteiger partial charge >= 0.3 is 12.3 Å². The van der Waals surface area contributed by atoms with Gasteiger partial charge in [-0.3, -0.25) is 19.7 Å². The van der Waals surface area contributed by atoms with E-state index in [1.807, 2.05) is 6.07 Å². The second-order valence-corrected chi connectivity index (χ2v) is 9.01. The molecule has 1 saturated heterocycles. The van der Waals surface area contributed by atoms with Crippen LogP contribution < -0.4 is 4.90 Å². The predicted molar refractivity (Wildman–Crippen MR) is 117 cm³/mol. The van der Waals surface area contributed by atoms with Crippen LogP contribution in [0.5, 0.6) is 0 Å². The van der Waals surface area contributed by atoms with E-state index in [2.05, 4.69) is 9.97 Å². The number of hydrogen-bond acceptors (Lipinski definition) is 6. The van der Waals surface area contributed by atoms with Crippen molar-refractivity contribution in [3.63, 3.8) is 0 Å². The Kier molecular flexibility index (Phi) is 7.01. The van der Waals surface area contributed by atoms with Gasteiger partial charge in [0.05, 0.1) is 23.5 Å². The van der Waals surface area contributed by atoms with Gasteiger partial charge in [-0.25, -0.2) is 9.18 Å². The summed E-state index contributed by atoms with van der Waals surface area (Å²) < 4.78 is 57.9. The second-order valence-electron chi connectivity index (χ2n) is 9.01. The van der Waals surface area contributed by atoms with Crippen molar-refractivity contribution < 1.29 is 31.9 Å². The fourth-order valence-corrected chi connectivity index (χ4v) is 3.56. The number of carbonyl (C=O) groups excluding carboxylic acids is 2. The number of amides is 2. The Bertz CT molecular complexity index is 1160. The number of hydrogen-bond donors (Lipinski definition) is 0. The largest absolute Gasteiger partial charge is 0.444 e. The van der Waals surface area contributed by atoms with Crippen LogP contribution in [0.15, 0.2) is 30.6 Å². The highest BCUT2D eigenvalue weighted by Gasteiger charge is 2.43. The van der Waals surface area contributed by atoms with E-state index in [-0.39, 0.29) is 35.5 Å². The van der Waals surface area contributed by atoms with E-state index in [1.54, 1.807) is 20.8 Å². The Labute approximate surface area is 199 Å². The van der Waals surface area contributed by atoms with Crippen LogP contribution in [0.25, 0.3) is 11.3 Å². The molecule has 1 aliphatic rings. The zero-order chi connectivity index (χ0) is 26.1. The standard InChI is InChI=1S/C23H23F4N5O3/c1-22(2,3)35-21(34)32-12-15(24)7-18(32)20(33)31(4)17-8-16(29-11-14(17)9-28)13-5-6-19(30-10-13)23(25,26)27/h5-6,8,10-11,15,18H,7,12H2,1-4H3.